The third kappa shape index (κ3) is 6.58. The topological polar surface area (TPSA) is 62.3 Å². The SMILES string of the molecule is CCCCC(=O)N(CCN1CCOCC1)N1C(=O)CO[C@H](c2ccc(Cl)cc2)[C@@H]1c1ccc(Cl)cc1. The summed E-state index contributed by atoms with van der Waals surface area (Å²) in [5.41, 5.74) is 1.72. The first-order valence-electron chi connectivity index (χ1n) is 12.5. The summed E-state index contributed by atoms with van der Waals surface area (Å²) in [5.74, 6) is -0.304. The molecule has 2 heterocycles. The number of halogens is 2. The molecule has 0 unspecified atom stereocenters. The molecule has 0 bridgehead atoms. The van der Waals surface area contributed by atoms with Crippen LogP contribution in [-0.4, -0.2) is 72.7 Å². The van der Waals surface area contributed by atoms with Gasteiger partial charge in [0.1, 0.15) is 18.8 Å². The number of carbonyl (C=O) groups is 2. The van der Waals surface area contributed by atoms with Gasteiger partial charge in [0.2, 0.25) is 5.91 Å². The number of hydrogen-bond donors (Lipinski definition) is 0. The first-order chi connectivity index (χ1) is 17.5. The standard InChI is InChI=1S/C27H33Cl2N3O4/c1-2-3-4-24(33)31(14-13-30-15-17-35-18-16-30)32-25(34)19-36-27(21-7-11-23(29)12-8-21)26(32)20-5-9-22(28)10-6-20/h5-12,26-27H,2-4,13-19H2,1H3/t26-,27+/m0/s1. The Morgan fingerprint density at radius 1 is 1.00 bits per heavy atom. The highest BCUT2D eigenvalue weighted by Crippen LogP contribution is 2.41. The number of carbonyl (C=O) groups excluding carboxylic acids is 2. The summed E-state index contributed by atoms with van der Waals surface area (Å²) < 4.78 is 11.6. The largest absolute Gasteiger partial charge is 0.379 e. The van der Waals surface area contributed by atoms with Gasteiger partial charge in [0.15, 0.2) is 0 Å². The second kappa shape index (κ2) is 12.9. The van der Waals surface area contributed by atoms with Crippen LogP contribution in [0.15, 0.2) is 48.5 Å². The molecule has 0 radical (unpaired) electrons. The summed E-state index contributed by atoms with van der Waals surface area (Å²) in [6, 6.07) is 14.3. The number of ether oxygens (including phenoxy) is 2. The van der Waals surface area contributed by atoms with Gasteiger partial charge in [0, 0.05) is 36.1 Å². The normalized spacial score (nSPS) is 21.0. The number of amides is 2. The van der Waals surface area contributed by atoms with Crippen LogP contribution in [0, 0.1) is 0 Å². The maximum absolute atomic E-state index is 13.5. The summed E-state index contributed by atoms with van der Waals surface area (Å²) in [5, 5.41) is 4.50. The number of nitrogens with zero attached hydrogens (tertiary/aromatic N) is 3. The Morgan fingerprint density at radius 2 is 1.61 bits per heavy atom. The number of hydrazine groups is 1. The quantitative estimate of drug-likeness (QED) is 0.458. The van der Waals surface area contributed by atoms with Crippen molar-refractivity contribution in [2.45, 2.75) is 38.3 Å². The Labute approximate surface area is 222 Å². The van der Waals surface area contributed by atoms with Gasteiger partial charge in [0.05, 0.1) is 19.8 Å². The van der Waals surface area contributed by atoms with Crippen LogP contribution in [0.1, 0.15) is 49.5 Å². The minimum absolute atomic E-state index is 0.0609. The van der Waals surface area contributed by atoms with Crippen LogP contribution in [-0.2, 0) is 19.1 Å². The number of benzene rings is 2. The summed E-state index contributed by atoms with van der Waals surface area (Å²) in [6.45, 7) is 5.96. The van der Waals surface area contributed by atoms with E-state index in [1.54, 1.807) is 22.2 Å². The van der Waals surface area contributed by atoms with Crippen molar-refractivity contribution in [3.8, 4) is 0 Å². The van der Waals surface area contributed by atoms with Crippen LogP contribution >= 0.6 is 23.2 Å². The number of hydrogen-bond acceptors (Lipinski definition) is 5. The summed E-state index contributed by atoms with van der Waals surface area (Å²) in [6.07, 6.45) is 1.56. The number of morpholine rings is 2. The van der Waals surface area contributed by atoms with Gasteiger partial charge in [-0.05, 0) is 41.8 Å². The smallest absolute Gasteiger partial charge is 0.267 e. The Hall–Kier alpha value is -2.16. The predicted octanol–water partition coefficient (Wildman–Crippen LogP) is 4.90. The lowest BCUT2D eigenvalue weighted by atomic mass is 9.93. The monoisotopic (exact) mass is 533 g/mol. The van der Waals surface area contributed by atoms with Crippen molar-refractivity contribution in [2.24, 2.45) is 0 Å². The molecule has 4 rings (SSSR count). The van der Waals surface area contributed by atoms with Gasteiger partial charge < -0.3 is 9.47 Å². The van der Waals surface area contributed by atoms with Crippen molar-refractivity contribution in [1.29, 1.82) is 0 Å². The zero-order valence-electron chi connectivity index (χ0n) is 20.6. The molecule has 0 aliphatic carbocycles. The van der Waals surface area contributed by atoms with Crippen molar-refractivity contribution >= 4 is 35.0 Å². The van der Waals surface area contributed by atoms with Crippen LogP contribution < -0.4 is 0 Å². The molecule has 9 heteroatoms. The van der Waals surface area contributed by atoms with Crippen LogP contribution in [0.2, 0.25) is 10.0 Å². The van der Waals surface area contributed by atoms with E-state index in [2.05, 4.69) is 11.8 Å². The second-order valence-corrected chi connectivity index (χ2v) is 9.97. The van der Waals surface area contributed by atoms with Gasteiger partial charge in [-0.15, -0.1) is 0 Å². The minimum Gasteiger partial charge on any atom is -0.379 e. The molecule has 2 aromatic rings. The molecule has 2 aliphatic rings. The molecule has 0 aromatic heterocycles. The van der Waals surface area contributed by atoms with E-state index in [0.717, 1.165) is 37.1 Å². The van der Waals surface area contributed by atoms with Gasteiger partial charge >= 0.3 is 0 Å². The highest BCUT2D eigenvalue weighted by Gasteiger charge is 2.43. The molecular weight excluding hydrogens is 501 g/mol. The molecule has 0 spiro atoms. The summed E-state index contributed by atoms with van der Waals surface area (Å²) >= 11 is 12.3. The van der Waals surface area contributed by atoms with E-state index < -0.39 is 12.1 Å². The zero-order chi connectivity index (χ0) is 25.5. The zero-order valence-corrected chi connectivity index (χ0v) is 22.1. The number of unbranched alkanes of at least 4 members (excludes halogenated alkanes) is 1. The fraction of sp³-hybridized carbons (Fsp3) is 0.481. The molecule has 2 fully saturated rings. The summed E-state index contributed by atoms with van der Waals surface area (Å²) in [4.78, 5) is 29.3. The third-order valence-corrected chi connectivity index (χ3v) is 7.13. The molecule has 2 aromatic carbocycles. The van der Waals surface area contributed by atoms with Crippen molar-refractivity contribution in [2.75, 3.05) is 46.0 Å². The molecular formula is C27H33Cl2N3O4. The lowest BCUT2D eigenvalue weighted by Crippen LogP contribution is -2.58. The average molecular weight is 534 g/mol. The summed E-state index contributed by atoms with van der Waals surface area (Å²) in [7, 11) is 0. The van der Waals surface area contributed by atoms with Gasteiger partial charge in [-0.25, -0.2) is 10.0 Å². The lowest BCUT2D eigenvalue weighted by Gasteiger charge is -2.47. The highest BCUT2D eigenvalue weighted by molar-refractivity contribution is 6.30. The van der Waals surface area contributed by atoms with Crippen molar-refractivity contribution in [1.82, 2.24) is 14.9 Å². The number of rotatable bonds is 9. The molecule has 2 amide bonds. The van der Waals surface area contributed by atoms with Crippen LogP contribution in [0.3, 0.4) is 0 Å². The maximum Gasteiger partial charge on any atom is 0.267 e. The van der Waals surface area contributed by atoms with Gasteiger partial charge in [-0.2, -0.15) is 0 Å². The van der Waals surface area contributed by atoms with Gasteiger partial charge in [-0.3, -0.25) is 14.5 Å². The molecule has 7 nitrogen and oxygen atoms in total. The third-order valence-electron chi connectivity index (χ3n) is 6.63. The van der Waals surface area contributed by atoms with E-state index in [1.165, 1.54) is 0 Å². The van der Waals surface area contributed by atoms with E-state index in [9.17, 15) is 9.59 Å². The van der Waals surface area contributed by atoms with Crippen molar-refractivity contribution in [3.05, 3.63) is 69.7 Å². The second-order valence-electron chi connectivity index (χ2n) is 9.09. The molecule has 0 N–H and O–H groups in total. The molecule has 2 saturated heterocycles. The van der Waals surface area contributed by atoms with E-state index in [1.807, 2.05) is 36.4 Å². The van der Waals surface area contributed by atoms with Gasteiger partial charge in [-0.1, -0.05) is 60.8 Å². The Morgan fingerprint density at radius 3 is 2.22 bits per heavy atom. The molecule has 0 saturated carbocycles. The molecule has 36 heavy (non-hydrogen) atoms. The molecule has 2 aliphatic heterocycles. The maximum atomic E-state index is 13.5. The first kappa shape index (κ1) is 26.9. The van der Waals surface area contributed by atoms with Crippen molar-refractivity contribution < 1.29 is 19.1 Å². The van der Waals surface area contributed by atoms with E-state index in [0.29, 0.717) is 42.8 Å². The Balaban J connectivity index is 1.71. The first-order valence-corrected chi connectivity index (χ1v) is 13.3. The van der Waals surface area contributed by atoms with Crippen LogP contribution in [0.25, 0.3) is 0 Å². The van der Waals surface area contributed by atoms with Gasteiger partial charge in [0.25, 0.3) is 5.91 Å². The fourth-order valence-electron chi connectivity index (χ4n) is 4.66. The van der Waals surface area contributed by atoms with Crippen LogP contribution in [0.4, 0.5) is 0 Å². The van der Waals surface area contributed by atoms with E-state index >= 15 is 0 Å². The van der Waals surface area contributed by atoms with E-state index in [-0.39, 0.29) is 18.4 Å². The average Bonchev–Trinajstić information content (AvgIpc) is 2.90. The van der Waals surface area contributed by atoms with E-state index in [4.69, 9.17) is 32.7 Å². The Bertz CT molecular complexity index is 1010. The Kier molecular flexibility index (Phi) is 9.62. The predicted molar refractivity (Wildman–Crippen MR) is 140 cm³/mol. The molecule has 2 atom stereocenters. The van der Waals surface area contributed by atoms with Crippen LogP contribution in [0.5, 0.6) is 0 Å². The fourth-order valence-corrected chi connectivity index (χ4v) is 4.92. The highest BCUT2D eigenvalue weighted by atomic mass is 35.5. The van der Waals surface area contributed by atoms with Crippen molar-refractivity contribution in [3.63, 3.8) is 0 Å². The molecule has 194 valence electrons. The lowest BCUT2D eigenvalue weighted by molar-refractivity contribution is -0.197. The minimum atomic E-state index is -0.542.